The molecule has 8 N–H and O–H groups in total. The molecule has 0 aromatic heterocycles. The van der Waals surface area contributed by atoms with Crippen molar-refractivity contribution in [3.63, 3.8) is 0 Å². The Bertz CT molecular complexity index is 124. The molecule has 0 spiro atoms. The van der Waals surface area contributed by atoms with E-state index in [1.165, 1.54) is 0 Å². The van der Waals surface area contributed by atoms with Gasteiger partial charge in [-0.3, -0.25) is 5.32 Å². The van der Waals surface area contributed by atoms with Gasteiger partial charge in [-0.25, -0.2) is 0 Å². The molecule has 0 fully saturated rings. The van der Waals surface area contributed by atoms with Gasteiger partial charge in [-0.1, -0.05) is 0 Å². The second-order valence-electron chi connectivity index (χ2n) is 2.93. The van der Waals surface area contributed by atoms with Gasteiger partial charge in [0.05, 0.1) is 12.7 Å². The molecule has 3 unspecified atom stereocenters. The van der Waals surface area contributed by atoms with E-state index in [0.29, 0.717) is 6.54 Å². The largest absolute Gasteiger partial charge is 0.394 e. The summed E-state index contributed by atoms with van der Waals surface area (Å²) in [6.45, 7) is 0.287. The molecule has 0 aliphatic rings. The minimum absolute atomic E-state index is 0.135. The van der Waals surface area contributed by atoms with Crippen LogP contribution in [-0.4, -0.2) is 72.7 Å². The first-order valence-corrected chi connectivity index (χ1v) is 4.70. The molecule has 0 saturated heterocycles. The first-order valence-electron chi connectivity index (χ1n) is 4.70. The zero-order valence-electron chi connectivity index (χ0n) is 9.22. The highest BCUT2D eigenvalue weighted by Gasteiger charge is 2.11. The molecule has 0 heterocycles. The number of likely N-dealkylation sites (N-methyl/N-ethyl adjacent to an activating group) is 2. The predicted octanol–water partition coefficient (Wildman–Crippen LogP) is -3.60. The normalized spacial score (nSPS) is 16.2. The fourth-order valence-corrected chi connectivity index (χ4v) is 0.588. The molecule has 0 saturated carbocycles. The van der Waals surface area contributed by atoms with Gasteiger partial charge in [-0.2, -0.15) is 0 Å². The smallest absolute Gasteiger partial charge is 0.132 e. The summed E-state index contributed by atoms with van der Waals surface area (Å²) in [6, 6.07) is 0. The summed E-state index contributed by atoms with van der Waals surface area (Å²) in [4.78, 5) is 0. The van der Waals surface area contributed by atoms with E-state index in [1.807, 2.05) is 0 Å². The maximum atomic E-state index is 8.94. The van der Waals surface area contributed by atoms with Crippen LogP contribution in [0.4, 0.5) is 0 Å². The van der Waals surface area contributed by atoms with Crippen molar-refractivity contribution in [1.29, 1.82) is 0 Å². The molecule has 0 rings (SSSR count). The number of aliphatic hydroxyl groups excluding tert-OH is 4. The average Bonchev–Trinajstić information content (AvgIpc) is 2.27. The number of aliphatic hydroxyl groups is 4. The Morgan fingerprint density at radius 3 is 1.93 bits per heavy atom. The van der Waals surface area contributed by atoms with Crippen molar-refractivity contribution >= 4 is 0 Å². The Balaban J connectivity index is 0. The number of nitrogens with two attached hydrogens (primary N) is 1. The van der Waals surface area contributed by atoms with E-state index >= 15 is 0 Å². The fourth-order valence-electron chi connectivity index (χ4n) is 0.588. The van der Waals surface area contributed by atoms with Crippen LogP contribution in [0.3, 0.4) is 0 Å². The Hall–Kier alpha value is -0.280. The van der Waals surface area contributed by atoms with Crippen molar-refractivity contribution < 1.29 is 20.4 Å². The van der Waals surface area contributed by atoms with Gasteiger partial charge < -0.3 is 31.5 Å². The molecule has 0 bridgehead atoms. The lowest BCUT2D eigenvalue weighted by atomic mass is 10.3. The summed E-state index contributed by atoms with van der Waals surface area (Å²) >= 11 is 0. The summed E-state index contributed by atoms with van der Waals surface area (Å²) in [5.74, 6) is 0. The number of hydrogen-bond acceptors (Lipinski definition) is 7. The second-order valence-corrected chi connectivity index (χ2v) is 2.93. The van der Waals surface area contributed by atoms with Gasteiger partial charge in [0.2, 0.25) is 0 Å². The van der Waals surface area contributed by atoms with Crippen molar-refractivity contribution in [2.24, 2.45) is 5.73 Å². The standard InChI is InChI=1S/C5H14N2O2.C3H9NO2/c1-6-3-4(8)5(9)7-2;4-1-3(6)2-5/h4-9H,3H2,1-2H3;3,5-6H,1-2,4H2. The van der Waals surface area contributed by atoms with E-state index in [-0.39, 0.29) is 13.2 Å². The molecule has 0 aliphatic carbocycles. The third-order valence-corrected chi connectivity index (χ3v) is 1.56. The van der Waals surface area contributed by atoms with E-state index in [2.05, 4.69) is 10.6 Å². The van der Waals surface area contributed by atoms with Crippen LogP contribution >= 0.6 is 0 Å². The third kappa shape index (κ3) is 11.6. The summed E-state index contributed by atoms with van der Waals surface area (Å²) in [5.41, 5.74) is 4.87. The summed E-state index contributed by atoms with van der Waals surface area (Å²) in [7, 11) is 3.30. The van der Waals surface area contributed by atoms with E-state index in [1.54, 1.807) is 14.1 Å². The van der Waals surface area contributed by atoms with Crippen molar-refractivity contribution in [1.82, 2.24) is 10.6 Å². The van der Waals surface area contributed by atoms with Crippen LogP contribution in [0.15, 0.2) is 0 Å². The van der Waals surface area contributed by atoms with Crippen LogP contribution in [-0.2, 0) is 0 Å². The summed E-state index contributed by atoms with van der Waals surface area (Å²) in [6.07, 6.45) is -2.30. The van der Waals surface area contributed by atoms with E-state index in [0.717, 1.165) is 0 Å². The Morgan fingerprint density at radius 1 is 1.20 bits per heavy atom. The Morgan fingerprint density at radius 2 is 1.73 bits per heavy atom. The van der Waals surface area contributed by atoms with Crippen LogP contribution in [0.1, 0.15) is 0 Å². The number of nitrogens with one attached hydrogen (secondary N) is 2. The first kappa shape index (κ1) is 17.1. The molecule has 0 radical (unpaired) electrons. The lowest BCUT2D eigenvalue weighted by molar-refractivity contribution is 0.00511. The number of rotatable bonds is 6. The minimum atomic E-state index is -0.836. The van der Waals surface area contributed by atoms with Gasteiger partial charge in [0.1, 0.15) is 12.3 Å². The molecule has 15 heavy (non-hydrogen) atoms. The number of hydrogen-bond donors (Lipinski definition) is 7. The van der Waals surface area contributed by atoms with Crippen molar-refractivity contribution in [3.05, 3.63) is 0 Å². The van der Waals surface area contributed by atoms with Gasteiger partial charge in [-0.05, 0) is 14.1 Å². The molecule has 0 aliphatic heterocycles. The topological polar surface area (TPSA) is 131 Å². The maximum Gasteiger partial charge on any atom is 0.132 e. The van der Waals surface area contributed by atoms with Gasteiger partial charge in [0.15, 0.2) is 0 Å². The quantitative estimate of drug-likeness (QED) is 0.232. The molecular weight excluding hydrogens is 202 g/mol. The lowest BCUT2D eigenvalue weighted by Crippen LogP contribution is -2.42. The average molecular weight is 225 g/mol. The van der Waals surface area contributed by atoms with Crippen LogP contribution in [0.2, 0.25) is 0 Å². The molecule has 3 atom stereocenters. The van der Waals surface area contributed by atoms with Crippen LogP contribution in [0.25, 0.3) is 0 Å². The molecule has 94 valence electrons. The monoisotopic (exact) mass is 225 g/mol. The van der Waals surface area contributed by atoms with Gasteiger partial charge >= 0.3 is 0 Å². The lowest BCUT2D eigenvalue weighted by Gasteiger charge is -2.15. The molecule has 0 amide bonds. The van der Waals surface area contributed by atoms with E-state index < -0.39 is 18.4 Å². The highest BCUT2D eigenvalue weighted by molar-refractivity contribution is 4.63. The van der Waals surface area contributed by atoms with Gasteiger partial charge in [0.25, 0.3) is 0 Å². The fraction of sp³-hybridized carbons (Fsp3) is 1.00. The SMILES string of the molecule is CNCC(O)C(O)NC.NCC(O)CO. The van der Waals surface area contributed by atoms with Crippen LogP contribution in [0, 0.1) is 0 Å². The van der Waals surface area contributed by atoms with E-state index in [4.69, 9.17) is 26.2 Å². The van der Waals surface area contributed by atoms with Crippen molar-refractivity contribution in [2.45, 2.75) is 18.4 Å². The van der Waals surface area contributed by atoms with Gasteiger partial charge in [-0.15, -0.1) is 0 Å². The Labute approximate surface area is 89.9 Å². The first-order chi connectivity index (χ1) is 7.03. The summed E-state index contributed by atoms with van der Waals surface area (Å²) in [5, 5.41) is 39.3. The zero-order valence-corrected chi connectivity index (χ0v) is 9.22. The molecule has 7 heteroatoms. The zero-order chi connectivity index (χ0) is 12.3. The van der Waals surface area contributed by atoms with Crippen LogP contribution in [0.5, 0.6) is 0 Å². The second kappa shape index (κ2) is 11.8. The van der Waals surface area contributed by atoms with Crippen molar-refractivity contribution in [2.75, 3.05) is 33.8 Å². The molecule has 0 aromatic carbocycles. The maximum absolute atomic E-state index is 8.94. The Kier molecular flexibility index (Phi) is 13.5. The summed E-state index contributed by atoms with van der Waals surface area (Å²) < 4.78 is 0. The predicted molar refractivity (Wildman–Crippen MR) is 57.1 cm³/mol. The van der Waals surface area contributed by atoms with Gasteiger partial charge in [0, 0.05) is 13.1 Å². The molecule has 0 aromatic rings. The molecular formula is C8H23N3O4. The third-order valence-electron chi connectivity index (χ3n) is 1.56. The van der Waals surface area contributed by atoms with Crippen molar-refractivity contribution in [3.8, 4) is 0 Å². The molecule has 7 nitrogen and oxygen atoms in total. The highest BCUT2D eigenvalue weighted by atomic mass is 16.3. The van der Waals surface area contributed by atoms with E-state index in [9.17, 15) is 0 Å². The minimum Gasteiger partial charge on any atom is -0.394 e. The highest BCUT2D eigenvalue weighted by Crippen LogP contribution is 1.84. The van der Waals surface area contributed by atoms with Crippen LogP contribution < -0.4 is 16.4 Å².